The Kier molecular flexibility index (Phi) is 5.22. The van der Waals surface area contributed by atoms with Gasteiger partial charge in [-0.2, -0.15) is 0 Å². The second-order valence-corrected chi connectivity index (χ2v) is 4.17. The van der Waals surface area contributed by atoms with Crippen LogP contribution >= 0.6 is 0 Å². The number of rotatable bonds is 6. The predicted molar refractivity (Wildman–Crippen MR) is 66.2 cm³/mol. The molecule has 0 aliphatic carbocycles. The zero-order valence-electron chi connectivity index (χ0n) is 11.0. The average Bonchev–Trinajstić information content (AvgIpc) is 2.67. The molecule has 1 aromatic heterocycles. The minimum atomic E-state index is -0.336. The van der Waals surface area contributed by atoms with Crippen molar-refractivity contribution in [1.82, 2.24) is 5.32 Å². The van der Waals surface area contributed by atoms with E-state index in [0.29, 0.717) is 17.4 Å². The van der Waals surface area contributed by atoms with Crippen LogP contribution in [0.1, 0.15) is 42.1 Å². The van der Waals surface area contributed by atoms with Gasteiger partial charge in [-0.05, 0) is 32.9 Å². The van der Waals surface area contributed by atoms with Gasteiger partial charge < -0.3 is 14.5 Å². The van der Waals surface area contributed by atoms with Crippen molar-refractivity contribution in [2.75, 3.05) is 13.7 Å². The molecule has 0 aliphatic heterocycles. The molecule has 1 N–H and O–H groups in total. The number of aryl methyl sites for hydroxylation is 2. The lowest BCUT2D eigenvalue weighted by Crippen LogP contribution is -2.25. The van der Waals surface area contributed by atoms with Crippen molar-refractivity contribution >= 4 is 5.97 Å². The minimum absolute atomic E-state index is 0.336. The van der Waals surface area contributed by atoms with Crippen molar-refractivity contribution in [3.8, 4) is 0 Å². The summed E-state index contributed by atoms with van der Waals surface area (Å²) in [6, 6.07) is 2.23. The van der Waals surface area contributed by atoms with Crippen molar-refractivity contribution in [2.24, 2.45) is 0 Å². The molecule has 1 atom stereocenters. The van der Waals surface area contributed by atoms with Crippen LogP contribution in [0.2, 0.25) is 0 Å². The Bertz CT molecular complexity index is 371. The van der Waals surface area contributed by atoms with Crippen LogP contribution < -0.4 is 5.32 Å². The van der Waals surface area contributed by atoms with Crippen LogP contribution in [0.5, 0.6) is 0 Å². The van der Waals surface area contributed by atoms with Crippen LogP contribution in [-0.2, 0) is 11.2 Å². The number of furan rings is 1. The Hall–Kier alpha value is -1.29. The molecular formula is C13H21NO3. The van der Waals surface area contributed by atoms with Gasteiger partial charge in [0.25, 0.3) is 0 Å². The highest BCUT2D eigenvalue weighted by atomic mass is 16.5. The molecule has 0 aliphatic rings. The summed E-state index contributed by atoms with van der Waals surface area (Å²) in [6.07, 6.45) is 1.81. The number of esters is 1. The fourth-order valence-corrected chi connectivity index (χ4v) is 1.79. The molecule has 0 radical (unpaired) electrons. The van der Waals surface area contributed by atoms with E-state index in [1.807, 2.05) is 0 Å². The predicted octanol–water partition coefficient (Wildman–Crippen LogP) is 2.31. The van der Waals surface area contributed by atoms with Gasteiger partial charge in [-0.15, -0.1) is 0 Å². The van der Waals surface area contributed by atoms with Crippen molar-refractivity contribution in [1.29, 1.82) is 0 Å². The first kappa shape index (κ1) is 13.8. The largest absolute Gasteiger partial charge is 0.465 e. The van der Waals surface area contributed by atoms with Gasteiger partial charge in [0.05, 0.1) is 7.11 Å². The maximum Gasteiger partial charge on any atom is 0.341 e. The number of ether oxygens (including phenoxy) is 1. The molecule has 1 aromatic rings. The van der Waals surface area contributed by atoms with E-state index in [-0.39, 0.29) is 5.97 Å². The van der Waals surface area contributed by atoms with Gasteiger partial charge >= 0.3 is 5.97 Å². The normalized spacial score (nSPS) is 12.5. The zero-order chi connectivity index (χ0) is 12.8. The minimum Gasteiger partial charge on any atom is -0.465 e. The highest BCUT2D eigenvalue weighted by molar-refractivity contribution is 5.90. The third-order valence-corrected chi connectivity index (χ3v) is 2.75. The number of hydrogen-bond acceptors (Lipinski definition) is 4. The van der Waals surface area contributed by atoms with E-state index in [2.05, 4.69) is 23.9 Å². The molecule has 0 saturated carbocycles. The Balaban J connectivity index is 2.58. The molecule has 0 fully saturated rings. The van der Waals surface area contributed by atoms with Gasteiger partial charge in [-0.1, -0.05) is 6.92 Å². The molecule has 0 bridgehead atoms. The molecule has 0 amide bonds. The molecule has 4 heteroatoms. The molecular weight excluding hydrogens is 218 g/mol. The molecule has 0 aromatic carbocycles. The van der Waals surface area contributed by atoms with Gasteiger partial charge in [0.1, 0.15) is 17.1 Å². The third-order valence-electron chi connectivity index (χ3n) is 2.75. The van der Waals surface area contributed by atoms with Crippen LogP contribution in [0.15, 0.2) is 10.5 Å². The summed E-state index contributed by atoms with van der Waals surface area (Å²) in [7, 11) is 1.38. The number of carbonyl (C=O) groups excluding carboxylic acids is 1. The second kappa shape index (κ2) is 6.45. The molecule has 1 unspecified atom stereocenters. The summed E-state index contributed by atoms with van der Waals surface area (Å²) in [6.45, 7) is 6.97. The van der Waals surface area contributed by atoms with Gasteiger partial charge in [0.2, 0.25) is 0 Å². The van der Waals surface area contributed by atoms with E-state index in [1.54, 1.807) is 13.0 Å². The zero-order valence-corrected chi connectivity index (χ0v) is 11.0. The molecule has 1 rings (SSSR count). The summed E-state index contributed by atoms with van der Waals surface area (Å²) >= 11 is 0. The average molecular weight is 239 g/mol. The summed E-state index contributed by atoms with van der Waals surface area (Å²) in [5, 5.41) is 3.34. The highest BCUT2D eigenvalue weighted by Gasteiger charge is 2.15. The van der Waals surface area contributed by atoms with E-state index in [0.717, 1.165) is 25.1 Å². The quantitative estimate of drug-likeness (QED) is 0.774. The summed E-state index contributed by atoms with van der Waals surface area (Å²) in [4.78, 5) is 11.4. The molecule has 17 heavy (non-hydrogen) atoms. The number of nitrogens with one attached hydrogen (secondary N) is 1. The SMILES string of the molecule is CCNC(C)CCc1cc(C(=O)OC)c(C)o1. The Morgan fingerprint density at radius 2 is 2.29 bits per heavy atom. The van der Waals surface area contributed by atoms with Gasteiger partial charge in [-0.3, -0.25) is 0 Å². The van der Waals surface area contributed by atoms with Crippen LogP contribution in [0.3, 0.4) is 0 Å². The van der Waals surface area contributed by atoms with Gasteiger partial charge in [-0.25, -0.2) is 4.79 Å². The number of methoxy groups -OCH3 is 1. The lowest BCUT2D eigenvalue weighted by Gasteiger charge is -2.10. The maximum atomic E-state index is 11.4. The van der Waals surface area contributed by atoms with Crippen molar-refractivity contribution in [2.45, 2.75) is 39.7 Å². The van der Waals surface area contributed by atoms with Crippen molar-refractivity contribution in [3.63, 3.8) is 0 Å². The first-order chi connectivity index (χ1) is 8.08. The summed E-state index contributed by atoms with van der Waals surface area (Å²) in [5.74, 6) is 1.13. The smallest absolute Gasteiger partial charge is 0.341 e. The molecule has 96 valence electrons. The van der Waals surface area contributed by atoms with Crippen LogP contribution in [0, 0.1) is 6.92 Å². The van der Waals surface area contributed by atoms with E-state index >= 15 is 0 Å². The Morgan fingerprint density at radius 3 is 2.88 bits per heavy atom. The van der Waals surface area contributed by atoms with E-state index in [9.17, 15) is 4.79 Å². The molecule has 0 saturated heterocycles. The Morgan fingerprint density at radius 1 is 1.59 bits per heavy atom. The monoisotopic (exact) mass is 239 g/mol. The fraction of sp³-hybridized carbons (Fsp3) is 0.615. The molecule has 4 nitrogen and oxygen atoms in total. The lowest BCUT2D eigenvalue weighted by molar-refractivity contribution is 0.0599. The first-order valence-electron chi connectivity index (χ1n) is 5.99. The second-order valence-electron chi connectivity index (χ2n) is 4.17. The van der Waals surface area contributed by atoms with Crippen molar-refractivity contribution < 1.29 is 13.9 Å². The van der Waals surface area contributed by atoms with Crippen LogP contribution in [-0.4, -0.2) is 25.7 Å². The van der Waals surface area contributed by atoms with E-state index in [1.165, 1.54) is 7.11 Å². The van der Waals surface area contributed by atoms with Crippen LogP contribution in [0.25, 0.3) is 0 Å². The van der Waals surface area contributed by atoms with Crippen molar-refractivity contribution in [3.05, 3.63) is 23.2 Å². The third kappa shape index (κ3) is 3.89. The summed E-state index contributed by atoms with van der Waals surface area (Å²) < 4.78 is 10.2. The molecule has 1 heterocycles. The van der Waals surface area contributed by atoms with E-state index < -0.39 is 0 Å². The number of carbonyl (C=O) groups is 1. The molecule has 0 spiro atoms. The van der Waals surface area contributed by atoms with Crippen LogP contribution in [0.4, 0.5) is 0 Å². The van der Waals surface area contributed by atoms with Gasteiger partial charge in [0, 0.05) is 12.5 Å². The summed E-state index contributed by atoms with van der Waals surface area (Å²) in [5.41, 5.74) is 0.526. The maximum absolute atomic E-state index is 11.4. The lowest BCUT2D eigenvalue weighted by atomic mass is 10.1. The first-order valence-corrected chi connectivity index (χ1v) is 5.99. The van der Waals surface area contributed by atoms with Gasteiger partial charge in [0.15, 0.2) is 0 Å². The van der Waals surface area contributed by atoms with E-state index in [4.69, 9.17) is 4.42 Å². The Labute approximate surface area is 102 Å². The number of hydrogen-bond donors (Lipinski definition) is 1. The highest BCUT2D eigenvalue weighted by Crippen LogP contribution is 2.17. The standard InChI is InChI=1S/C13H21NO3/c1-5-14-9(2)6-7-11-8-12(10(3)17-11)13(15)16-4/h8-9,14H,5-7H2,1-4H3. The fourth-order valence-electron chi connectivity index (χ4n) is 1.79. The topological polar surface area (TPSA) is 51.5 Å².